The smallest absolute Gasteiger partial charge is 0.241 e. The van der Waals surface area contributed by atoms with Gasteiger partial charge in [-0.25, -0.2) is 28.1 Å². The Hall–Kier alpha value is -1.57. The van der Waals surface area contributed by atoms with E-state index in [1.807, 2.05) is 0 Å². The van der Waals surface area contributed by atoms with Gasteiger partial charge in [-0.2, -0.15) is 0 Å². The summed E-state index contributed by atoms with van der Waals surface area (Å²) in [7, 11) is -3.62. The molecule has 0 fully saturated rings. The van der Waals surface area contributed by atoms with Crippen molar-refractivity contribution < 1.29 is 8.42 Å². The largest absolute Gasteiger partial charge is 0.245 e. The van der Waals surface area contributed by atoms with E-state index in [9.17, 15) is 8.42 Å². The maximum absolute atomic E-state index is 11.9. The molecule has 2 rings (SSSR count). The first-order chi connectivity index (χ1) is 8.58. The van der Waals surface area contributed by atoms with Gasteiger partial charge >= 0.3 is 0 Å². The fourth-order valence-corrected chi connectivity index (χ4v) is 2.48. The van der Waals surface area contributed by atoms with Gasteiger partial charge in [0.2, 0.25) is 10.0 Å². The summed E-state index contributed by atoms with van der Waals surface area (Å²) in [5, 5.41) is 0.125. The highest BCUT2D eigenvalue weighted by Crippen LogP contribution is 2.12. The first-order valence-corrected chi connectivity index (χ1v) is 6.80. The van der Waals surface area contributed by atoms with Gasteiger partial charge < -0.3 is 0 Å². The number of pyridine rings is 1. The SMILES string of the molecule is O=S(=O)(NCc1ccncn1)c1ccnc(Cl)c1. The van der Waals surface area contributed by atoms with E-state index in [2.05, 4.69) is 19.7 Å². The lowest BCUT2D eigenvalue weighted by Gasteiger charge is -2.06. The van der Waals surface area contributed by atoms with Crippen LogP contribution in [0.15, 0.2) is 41.8 Å². The van der Waals surface area contributed by atoms with Gasteiger partial charge in [0.25, 0.3) is 0 Å². The molecule has 0 atom stereocenters. The summed E-state index contributed by atoms with van der Waals surface area (Å²) in [4.78, 5) is 11.5. The molecular weight excluding hydrogens is 276 g/mol. The average molecular weight is 285 g/mol. The van der Waals surface area contributed by atoms with Crippen LogP contribution in [0.1, 0.15) is 5.69 Å². The minimum atomic E-state index is -3.62. The predicted octanol–water partition coefficient (Wildman–Crippen LogP) is 1.00. The number of rotatable bonds is 4. The molecule has 18 heavy (non-hydrogen) atoms. The van der Waals surface area contributed by atoms with Crippen LogP contribution < -0.4 is 4.72 Å². The third kappa shape index (κ3) is 3.22. The molecule has 0 saturated carbocycles. The normalized spacial score (nSPS) is 11.4. The molecule has 2 aromatic heterocycles. The first kappa shape index (κ1) is 12.9. The molecule has 0 aliphatic rings. The summed E-state index contributed by atoms with van der Waals surface area (Å²) < 4.78 is 26.2. The van der Waals surface area contributed by atoms with Crippen LogP contribution in [0.5, 0.6) is 0 Å². The van der Waals surface area contributed by atoms with Gasteiger partial charge in [-0.1, -0.05) is 11.6 Å². The molecule has 94 valence electrons. The van der Waals surface area contributed by atoms with E-state index in [-0.39, 0.29) is 16.6 Å². The summed E-state index contributed by atoms with van der Waals surface area (Å²) in [5.41, 5.74) is 0.578. The molecule has 0 unspecified atom stereocenters. The van der Waals surface area contributed by atoms with Crippen molar-refractivity contribution in [1.82, 2.24) is 19.7 Å². The van der Waals surface area contributed by atoms with Gasteiger partial charge in [0.05, 0.1) is 17.1 Å². The van der Waals surface area contributed by atoms with Crippen LogP contribution in [0.25, 0.3) is 0 Å². The second-order valence-corrected chi connectivity index (χ2v) is 5.49. The average Bonchev–Trinajstić information content (AvgIpc) is 2.38. The van der Waals surface area contributed by atoms with Gasteiger partial charge in [0, 0.05) is 12.4 Å². The molecule has 0 aliphatic carbocycles. The summed E-state index contributed by atoms with van der Waals surface area (Å²) >= 11 is 5.64. The predicted molar refractivity (Wildman–Crippen MR) is 65.3 cm³/mol. The van der Waals surface area contributed by atoms with Gasteiger partial charge in [0.15, 0.2) is 0 Å². The Bertz CT molecular complexity index is 633. The molecule has 8 heteroatoms. The second kappa shape index (κ2) is 5.38. The van der Waals surface area contributed by atoms with Crippen LogP contribution in [-0.2, 0) is 16.6 Å². The van der Waals surface area contributed by atoms with E-state index >= 15 is 0 Å². The van der Waals surface area contributed by atoms with Crippen molar-refractivity contribution in [1.29, 1.82) is 0 Å². The highest BCUT2D eigenvalue weighted by molar-refractivity contribution is 7.89. The van der Waals surface area contributed by atoms with E-state index in [0.29, 0.717) is 5.69 Å². The monoisotopic (exact) mass is 284 g/mol. The quantitative estimate of drug-likeness (QED) is 0.847. The van der Waals surface area contributed by atoms with E-state index in [4.69, 9.17) is 11.6 Å². The van der Waals surface area contributed by atoms with E-state index < -0.39 is 10.0 Å². The van der Waals surface area contributed by atoms with Crippen molar-refractivity contribution in [3.05, 3.63) is 47.8 Å². The third-order valence-corrected chi connectivity index (χ3v) is 3.70. The van der Waals surface area contributed by atoms with Crippen LogP contribution in [-0.4, -0.2) is 23.4 Å². The van der Waals surface area contributed by atoms with Gasteiger partial charge in [-0.3, -0.25) is 0 Å². The Morgan fingerprint density at radius 1 is 1.22 bits per heavy atom. The maximum atomic E-state index is 11.9. The first-order valence-electron chi connectivity index (χ1n) is 4.94. The molecule has 0 saturated heterocycles. The van der Waals surface area contributed by atoms with Crippen LogP contribution >= 0.6 is 11.6 Å². The Labute approximate surface area is 109 Å². The molecule has 2 heterocycles. The van der Waals surface area contributed by atoms with Crippen molar-refractivity contribution in [2.75, 3.05) is 0 Å². The van der Waals surface area contributed by atoms with Crippen LogP contribution in [0, 0.1) is 0 Å². The summed E-state index contributed by atoms with van der Waals surface area (Å²) in [5.74, 6) is 0. The number of hydrogen-bond acceptors (Lipinski definition) is 5. The molecule has 1 N–H and O–H groups in total. The minimum absolute atomic E-state index is 0.0663. The molecule has 2 aromatic rings. The Morgan fingerprint density at radius 2 is 2.06 bits per heavy atom. The van der Waals surface area contributed by atoms with Gasteiger partial charge in [0.1, 0.15) is 11.5 Å². The Kier molecular flexibility index (Phi) is 3.85. The van der Waals surface area contributed by atoms with Crippen LogP contribution in [0.4, 0.5) is 0 Å². The number of hydrogen-bond donors (Lipinski definition) is 1. The van der Waals surface area contributed by atoms with Crippen molar-refractivity contribution in [3.8, 4) is 0 Å². The lowest BCUT2D eigenvalue weighted by Crippen LogP contribution is -2.23. The van der Waals surface area contributed by atoms with E-state index in [1.54, 1.807) is 12.3 Å². The number of sulfonamides is 1. The van der Waals surface area contributed by atoms with Crippen molar-refractivity contribution in [2.24, 2.45) is 0 Å². The Morgan fingerprint density at radius 3 is 2.72 bits per heavy atom. The number of nitrogens with zero attached hydrogens (tertiary/aromatic N) is 3. The minimum Gasteiger partial charge on any atom is -0.245 e. The number of aromatic nitrogens is 3. The summed E-state index contributed by atoms with van der Waals surface area (Å²) in [6.45, 7) is 0.0881. The van der Waals surface area contributed by atoms with Crippen molar-refractivity contribution in [3.63, 3.8) is 0 Å². The zero-order chi connectivity index (χ0) is 13.0. The summed E-state index contributed by atoms with van der Waals surface area (Å²) in [6, 6.07) is 4.28. The van der Waals surface area contributed by atoms with Crippen molar-refractivity contribution in [2.45, 2.75) is 11.4 Å². The topological polar surface area (TPSA) is 84.8 Å². The van der Waals surface area contributed by atoms with Gasteiger partial charge in [-0.15, -0.1) is 0 Å². The molecule has 6 nitrogen and oxygen atoms in total. The molecule has 0 aromatic carbocycles. The molecule has 0 radical (unpaired) electrons. The standard InChI is InChI=1S/C10H9ClN4O2S/c11-10-5-9(2-4-13-10)18(16,17)15-6-8-1-3-12-7-14-8/h1-5,7,15H,6H2. The molecule has 0 aliphatic heterocycles. The highest BCUT2D eigenvalue weighted by Gasteiger charge is 2.14. The lowest BCUT2D eigenvalue weighted by molar-refractivity contribution is 0.580. The summed E-state index contributed by atoms with van der Waals surface area (Å²) in [6.07, 6.45) is 4.23. The van der Waals surface area contributed by atoms with Crippen molar-refractivity contribution >= 4 is 21.6 Å². The zero-order valence-corrected chi connectivity index (χ0v) is 10.7. The fourth-order valence-electron chi connectivity index (χ4n) is 1.23. The third-order valence-electron chi connectivity index (χ3n) is 2.09. The number of halogens is 1. The van der Waals surface area contributed by atoms with Crippen LogP contribution in [0.3, 0.4) is 0 Å². The highest BCUT2D eigenvalue weighted by atomic mass is 35.5. The molecule has 0 amide bonds. The van der Waals surface area contributed by atoms with Crippen LogP contribution in [0.2, 0.25) is 5.15 Å². The van der Waals surface area contributed by atoms with E-state index in [0.717, 1.165) is 0 Å². The lowest BCUT2D eigenvalue weighted by atomic mass is 10.4. The molecule has 0 bridgehead atoms. The Balaban J connectivity index is 2.13. The molecule has 0 spiro atoms. The second-order valence-electron chi connectivity index (χ2n) is 3.34. The fraction of sp³-hybridized carbons (Fsp3) is 0.100. The van der Waals surface area contributed by atoms with Gasteiger partial charge in [-0.05, 0) is 18.2 Å². The van der Waals surface area contributed by atoms with E-state index in [1.165, 1.54) is 24.7 Å². The zero-order valence-electron chi connectivity index (χ0n) is 9.12. The number of nitrogens with one attached hydrogen (secondary N) is 1. The molecular formula is C10H9ClN4O2S. The maximum Gasteiger partial charge on any atom is 0.241 e.